The fourth-order valence-corrected chi connectivity index (χ4v) is 8.47. The summed E-state index contributed by atoms with van der Waals surface area (Å²) in [5.41, 5.74) is 0. The maximum atomic E-state index is 12.5. The lowest BCUT2D eigenvalue weighted by atomic mass is 9.92. The maximum absolute atomic E-state index is 12.5. The minimum absolute atomic E-state index is 0.530. The lowest BCUT2D eigenvalue weighted by molar-refractivity contribution is -0.391. The van der Waals surface area contributed by atoms with Gasteiger partial charge in [0.15, 0.2) is 25.2 Å². The van der Waals surface area contributed by atoms with Crippen molar-refractivity contribution in [1.29, 1.82) is 0 Å². The van der Waals surface area contributed by atoms with Gasteiger partial charge in [-0.25, -0.2) is 0 Å². The topological polar surface area (TPSA) is 433 Å². The first kappa shape index (κ1) is 53.5. The summed E-state index contributed by atoms with van der Waals surface area (Å²) in [5, 5.41) is 147. The summed E-state index contributed by atoms with van der Waals surface area (Å²) in [6.45, 7) is 0.416. The molecule has 25 atom stereocenters. The largest absolute Gasteiger partial charge is 0.394 e. The molecule has 5 fully saturated rings. The van der Waals surface area contributed by atoms with Gasteiger partial charge < -0.3 is 125 Å². The number of aliphatic hydroxyl groups is 13. The molecule has 0 spiro atoms. The van der Waals surface area contributed by atoms with Crippen molar-refractivity contribution in [3.8, 4) is 0 Å². The third kappa shape index (κ3) is 11.9. The fourth-order valence-electron chi connectivity index (χ4n) is 8.47. The van der Waals surface area contributed by atoms with Gasteiger partial charge in [0.2, 0.25) is 17.7 Å². The molecule has 0 aromatic rings. The molecule has 23 unspecified atom stereocenters. The number of ether oxygens (including phenoxy) is 9. The molecule has 5 saturated heterocycles. The second-order valence-electron chi connectivity index (χ2n) is 16.5. The Balaban J connectivity index is 1.40. The van der Waals surface area contributed by atoms with Crippen LogP contribution in [-0.4, -0.2) is 270 Å². The molecular weight excluding hydrogens is 886 g/mol. The van der Waals surface area contributed by atoms with Crippen LogP contribution >= 0.6 is 0 Å². The zero-order valence-corrected chi connectivity index (χ0v) is 35.7. The van der Waals surface area contributed by atoms with Crippen molar-refractivity contribution in [2.24, 2.45) is 0 Å². The van der Waals surface area contributed by atoms with Gasteiger partial charge >= 0.3 is 0 Å². The first-order valence-electron chi connectivity index (χ1n) is 20.9. The summed E-state index contributed by atoms with van der Waals surface area (Å²) in [6.07, 6.45) is -38.5. The average Bonchev–Trinajstić information content (AvgIpc) is 3.26. The number of aliphatic hydroxyl groups excluding tert-OH is 13. The Morgan fingerprint density at radius 2 is 0.738 bits per heavy atom. The van der Waals surface area contributed by atoms with Crippen molar-refractivity contribution in [3.63, 3.8) is 0 Å². The molecule has 65 heavy (non-hydrogen) atoms. The maximum Gasteiger partial charge on any atom is 0.217 e. The van der Waals surface area contributed by atoms with Gasteiger partial charge in [-0.05, 0) is 6.92 Å². The van der Waals surface area contributed by atoms with Crippen LogP contribution in [0.15, 0.2) is 0 Å². The Bertz CT molecular complexity index is 1560. The molecule has 5 aliphatic heterocycles. The molecule has 0 bridgehead atoms. The molecule has 5 aliphatic rings. The Labute approximate surface area is 370 Å². The van der Waals surface area contributed by atoms with Crippen LogP contribution in [0.2, 0.25) is 0 Å². The highest BCUT2D eigenvalue weighted by molar-refractivity contribution is 5.74. The van der Waals surface area contributed by atoms with Gasteiger partial charge in [0.1, 0.15) is 116 Å². The van der Waals surface area contributed by atoms with Gasteiger partial charge in [0.25, 0.3) is 0 Å². The lowest BCUT2D eigenvalue weighted by Crippen LogP contribution is -2.70. The average molecular weight is 950 g/mol. The standard InChI is InChI=1S/C37H63N3O25/c1-10-19(38-11(2)46)26(53)30(17(8-44)57-10)62-35-21(40-13(4)48)27(54)31(18(9-45)61-35)63-36-29(56)32(24(51)16(7-43)59-36)64-37-33(28(55)23(50)15(6-42)60-37)65-34-20(39-12(3)47)25(52)22(49)14(5-41)58-34/h10,14-37,41-45,49-56H,5-9H2,1-4H3,(H,38,46)(H,39,47)(H,40,48)/t10?,14?,15-,16?,17?,18?,19?,20?,21?,22?,23?,24?,25?,26?,27?,28?,29?,30?,31?,32?,33?,34?,35?,36?,37-/m1/s1. The Morgan fingerprint density at radius 1 is 0.385 bits per heavy atom. The van der Waals surface area contributed by atoms with E-state index in [2.05, 4.69) is 16.0 Å². The van der Waals surface area contributed by atoms with Gasteiger partial charge in [-0.1, -0.05) is 0 Å². The van der Waals surface area contributed by atoms with Crippen LogP contribution in [0.4, 0.5) is 0 Å². The van der Waals surface area contributed by atoms with E-state index in [4.69, 9.17) is 42.6 Å². The fraction of sp³-hybridized carbons (Fsp3) is 0.919. The molecule has 5 heterocycles. The van der Waals surface area contributed by atoms with Crippen molar-refractivity contribution in [3.05, 3.63) is 0 Å². The summed E-state index contributed by atoms with van der Waals surface area (Å²) in [7, 11) is 0. The molecule has 28 heteroatoms. The van der Waals surface area contributed by atoms with E-state index in [0.717, 1.165) is 13.8 Å². The highest BCUT2D eigenvalue weighted by atomic mass is 16.8. The van der Waals surface area contributed by atoms with E-state index < -0.39 is 204 Å². The van der Waals surface area contributed by atoms with E-state index in [0.29, 0.717) is 0 Å². The van der Waals surface area contributed by atoms with Crippen LogP contribution in [0.3, 0.4) is 0 Å². The Kier molecular flexibility index (Phi) is 19.1. The number of hydrogen-bond donors (Lipinski definition) is 16. The molecular formula is C37H63N3O25. The molecule has 376 valence electrons. The predicted molar refractivity (Wildman–Crippen MR) is 205 cm³/mol. The third-order valence-electron chi connectivity index (χ3n) is 11.8. The van der Waals surface area contributed by atoms with Crippen molar-refractivity contribution in [1.82, 2.24) is 16.0 Å². The quantitative estimate of drug-likeness (QED) is 0.0683. The summed E-state index contributed by atoms with van der Waals surface area (Å²) >= 11 is 0. The van der Waals surface area contributed by atoms with Gasteiger partial charge in [-0.15, -0.1) is 0 Å². The smallest absolute Gasteiger partial charge is 0.217 e. The SMILES string of the molecule is CC(=O)NC1C(C)OC(CO)C(OC2OC(CO)C(OC3OC(CO)C(O)C(O[C@H]4O[C@H](CO)C(O)C(O)C4OC4OC(CO)C(O)C(O)C4NC(C)=O)C3O)C(O)C2NC(C)=O)C1O. The number of carbonyl (C=O) groups excluding carboxylic acids is 3. The summed E-state index contributed by atoms with van der Waals surface area (Å²) in [4.78, 5) is 36.4. The molecule has 28 nitrogen and oxygen atoms in total. The van der Waals surface area contributed by atoms with E-state index in [1.807, 2.05) is 0 Å². The molecule has 0 saturated carbocycles. The minimum atomic E-state index is -2.17. The summed E-state index contributed by atoms with van der Waals surface area (Å²) < 4.78 is 52.4. The number of rotatable bonds is 16. The zero-order valence-electron chi connectivity index (χ0n) is 35.7. The molecule has 16 N–H and O–H groups in total. The zero-order chi connectivity index (χ0) is 48.2. The Hall–Kier alpha value is -2.47. The van der Waals surface area contributed by atoms with E-state index >= 15 is 0 Å². The molecule has 0 aliphatic carbocycles. The van der Waals surface area contributed by atoms with Crippen LogP contribution < -0.4 is 16.0 Å². The number of amides is 3. The molecule has 5 rings (SSSR count). The summed E-state index contributed by atoms with van der Waals surface area (Å²) in [5.74, 6) is -2.02. The molecule has 3 amide bonds. The second kappa shape index (κ2) is 23.2. The number of carbonyl (C=O) groups is 3. The normalized spacial score (nSPS) is 47.1. The number of nitrogens with one attached hydrogen (secondary N) is 3. The van der Waals surface area contributed by atoms with Gasteiger partial charge in [0, 0.05) is 20.8 Å². The molecule has 0 aromatic carbocycles. The van der Waals surface area contributed by atoms with Crippen LogP contribution in [0.5, 0.6) is 0 Å². The third-order valence-corrected chi connectivity index (χ3v) is 11.8. The van der Waals surface area contributed by atoms with Crippen LogP contribution in [0.25, 0.3) is 0 Å². The summed E-state index contributed by atoms with van der Waals surface area (Å²) in [6, 6.07) is -4.25. The van der Waals surface area contributed by atoms with E-state index in [1.54, 1.807) is 0 Å². The first-order chi connectivity index (χ1) is 30.7. The van der Waals surface area contributed by atoms with Crippen molar-refractivity contribution in [2.75, 3.05) is 33.0 Å². The van der Waals surface area contributed by atoms with E-state index in [9.17, 15) is 80.8 Å². The van der Waals surface area contributed by atoms with E-state index in [-0.39, 0.29) is 0 Å². The minimum Gasteiger partial charge on any atom is -0.394 e. The van der Waals surface area contributed by atoms with Crippen molar-refractivity contribution < 1.29 is 123 Å². The van der Waals surface area contributed by atoms with Gasteiger partial charge in [-0.3, -0.25) is 14.4 Å². The highest BCUT2D eigenvalue weighted by Crippen LogP contribution is 2.36. The lowest BCUT2D eigenvalue weighted by Gasteiger charge is -2.50. The van der Waals surface area contributed by atoms with Crippen LogP contribution in [0.1, 0.15) is 27.7 Å². The van der Waals surface area contributed by atoms with Gasteiger partial charge in [-0.2, -0.15) is 0 Å². The second-order valence-corrected chi connectivity index (χ2v) is 16.5. The monoisotopic (exact) mass is 949 g/mol. The van der Waals surface area contributed by atoms with E-state index in [1.165, 1.54) is 13.8 Å². The van der Waals surface area contributed by atoms with Crippen molar-refractivity contribution >= 4 is 17.7 Å². The first-order valence-corrected chi connectivity index (χ1v) is 20.9. The van der Waals surface area contributed by atoms with Crippen LogP contribution in [-0.2, 0) is 57.0 Å². The molecule has 0 aromatic heterocycles. The predicted octanol–water partition coefficient (Wildman–Crippen LogP) is -10.4. The van der Waals surface area contributed by atoms with Gasteiger partial charge in [0.05, 0.1) is 45.2 Å². The number of hydrogen-bond acceptors (Lipinski definition) is 25. The molecule has 0 radical (unpaired) electrons. The Morgan fingerprint density at radius 3 is 1.25 bits per heavy atom. The van der Waals surface area contributed by atoms with Crippen LogP contribution in [0, 0.1) is 0 Å². The van der Waals surface area contributed by atoms with Crippen molar-refractivity contribution in [2.45, 2.75) is 181 Å². The highest BCUT2D eigenvalue weighted by Gasteiger charge is 2.57.